The van der Waals surface area contributed by atoms with Gasteiger partial charge < -0.3 is 14.2 Å². The second kappa shape index (κ2) is 7.74. The maximum absolute atomic E-state index is 5.45. The van der Waals surface area contributed by atoms with Gasteiger partial charge in [0.15, 0.2) is 11.5 Å². The number of hydrazone groups is 1. The first-order chi connectivity index (χ1) is 12.7. The minimum absolute atomic E-state index is 0.527. The summed E-state index contributed by atoms with van der Waals surface area (Å²) >= 11 is 0. The molecular formula is C20H21N3O3. The van der Waals surface area contributed by atoms with E-state index in [4.69, 9.17) is 14.2 Å². The minimum atomic E-state index is 0.527. The summed E-state index contributed by atoms with van der Waals surface area (Å²) < 4.78 is 16.1. The zero-order chi connectivity index (χ0) is 18.5. The zero-order valence-electron chi connectivity index (χ0n) is 15.2. The largest absolute Gasteiger partial charge is 0.493 e. The Balaban J connectivity index is 1.87. The monoisotopic (exact) mass is 351 g/mol. The second-order valence-electron chi connectivity index (χ2n) is 5.64. The molecule has 2 aromatic carbocycles. The van der Waals surface area contributed by atoms with Crippen LogP contribution in [0.2, 0.25) is 0 Å². The van der Waals surface area contributed by atoms with Gasteiger partial charge in [0.25, 0.3) is 0 Å². The number of rotatable bonds is 6. The molecular weight excluding hydrogens is 330 g/mol. The second-order valence-corrected chi connectivity index (χ2v) is 5.64. The molecule has 1 N–H and O–H groups in total. The summed E-state index contributed by atoms with van der Waals surface area (Å²) in [6.45, 7) is 2.05. The number of para-hydroxylation sites is 1. The fourth-order valence-electron chi connectivity index (χ4n) is 2.80. The zero-order valence-corrected chi connectivity index (χ0v) is 15.2. The Kier molecular flexibility index (Phi) is 5.22. The first-order valence-corrected chi connectivity index (χ1v) is 8.12. The van der Waals surface area contributed by atoms with Gasteiger partial charge in [0.05, 0.1) is 33.1 Å². The van der Waals surface area contributed by atoms with E-state index in [9.17, 15) is 0 Å². The topological polar surface area (TPSA) is 65.0 Å². The highest BCUT2D eigenvalue weighted by molar-refractivity contribution is 5.87. The molecule has 0 saturated carbocycles. The smallest absolute Gasteiger partial charge is 0.203 e. The van der Waals surface area contributed by atoms with E-state index < -0.39 is 0 Å². The first kappa shape index (κ1) is 17.5. The Labute approximate surface area is 152 Å². The highest BCUT2D eigenvalue weighted by Crippen LogP contribution is 2.39. The summed E-state index contributed by atoms with van der Waals surface area (Å²) in [4.78, 5) is 4.57. The quantitative estimate of drug-likeness (QED) is 0.537. The van der Waals surface area contributed by atoms with Crippen LogP contribution in [0.25, 0.3) is 10.9 Å². The van der Waals surface area contributed by atoms with Crippen LogP contribution in [0.1, 0.15) is 11.1 Å². The minimum Gasteiger partial charge on any atom is -0.493 e. The van der Waals surface area contributed by atoms with Crippen molar-refractivity contribution < 1.29 is 14.2 Å². The van der Waals surface area contributed by atoms with Crippen molar-refractivity contribution in [2.24, 2.45) is 5.10 Å². The van der Waals surface area contributed by atoms with Gasteiger partial charge >= 0.3 is 0 Å². The third-order valence-corrected chi connectivity index (χ3v) is 4.04. The van der Waals surface area contributed by atoms with Crippen LogP contribution in [0.5, 0.6) is 17.2 Å². The molecule has 3 rings (SSSR count). The lowest BCUT2D eigenvalue weighted by Gasteiger charge is -2.13. The Morgan fingerprint density at radius 2 is 1.73 bits per heavy atom. The molecule has 1 heterocycles. The molecule has 0 fully saturated rings. The SMILES string of the molecule is COc1ccc(C=NNc2cc(C)c3ccccc3n2)c(OC)c1OC. The van der Waals surface area contributed by atoms with Crippen LogP contribution >= 0.6 is 0 Å². The maximum atomic E-state index is 5.45. The molecule has 0 saturated heterocycles. The number of fused-ring (bicyclic) bond motifs is 1. The van der Waals surface area contributed by atoms with E-state index in [1.54, 1.807) is 33.6 Å². The van der Waals surface area contributed by atoms with Crippen LogP contribution in [0.4, 0.5) is 5.82 Å². The summed E-state index contributed by atoms with van der Waals surface area (Å²) in [5.74, 6) is 2.36. The van der Waals surface area contributed by atoms with Gasteiger partial charge in [-0.2, -0.15) is 5.10 Å². The van der Waals surface area contributed by atoms with Crippen LogP contribution in [-0.2, 0) is 0 Å². The lowest BCUT2D eigenvalue weighted by Crippen LogP contribution is -2.00. The number of pyridine rings is 1. The predicted molar refractivity (Wildman–Crippen MR) is 104 cm³/mol. The number of aryl methyl sites for hydroxylation is 1. The van der Waals surface area contributed by atoms with Crippen molar-refractivity contribution in [3.63, 3.8) is 0 Å². The molecule has 26 heavy (non-hydrogen) atoms. The fourth-order valence-corrected chi connectivity index (χ4v) is 2.80. The molecule has 0 spiro atoms. The van der Waals surface area contributed by atoms with E-state index in [0.29, 0.717) is 23.1 Å². The number of methoxy groups -OCH3 is 3. The number of anilines is 1. The summed E-state index contributed by atoms with van der Waals surface area (Å²) in [6, 6.07) is 13.6. The Hall–Kier alpha value is -3.28. The molecule has 0 unspecified atom stereocenters. The molecule has 6 heteroatoms. The lowest BCUT2D eigenvalue weighted by molar-refractivity contribution is 0.324. The Morgan fingerprint density at radius 1 is 0.962 bits per heavy atom. The van der Waals surface area contributed by atoms with Gasteiger partial charge in [-0.15, -0.1) is 0 Å². The van der Waals surface area contributed by atoms with Crippen molar-refractivity contribution in [1.29, 1.82) is 0 Å². The highest BCUT2D eigenvalue weighted by Gasteiger charge is 2.14. The lowest BCUT2D eigenvalue weighted by atomic mass is 10.1. The first-order valence-electron chi connectivity index (χ1n) is 8.12. The molecule has 134 valence electrons. The molecule has 0 atom stereocenters. The number of nitrogens with zero attached hydrogens (tertiary/aromatic N) is 2. The van der Waals surface area contributed by atoms with E-state index in [2.05, 4.69) is 28.5 Å². The van der Waals surface area contributed by atoms with Gasteiger partial charge in [-0.1, -0.05) is 18.2 Å². The molecule has 0 amide bonds. The number of hydrogen-bond acceptors (Lipinski definition) is 6. The Morgan fingerprint density at radius 3 is 2.46 bits per heavy atom. The van der Waals surface area contributed by atoms with Crippen molar-refractivity contribution in [3.05, 3.63) is 53.6 Å². The van der Waals surface area contributed by atoms with Gasteiger partial charge in [0.2, 0.25) is 5.75 Å². The standard InChI is InChI=1S/C20H21N3O3/c1-13-11-18(22-16-8-6-5-7-15(13)16)23-21-12-14-9-10-17(24-2)20(26-4)19(14)25-3/h5-12H,1-4H3,(H,22,23). The van der Waals surface area contributed by atoms with Gasteiger partial charge in [-0.25, -0.2) is 4.98 Å². The van der Waals surface area contributed by atoms with Crippen molar-refractivity contribution in [1.82, 2.24) is 4.98 Å². The third kappa shape index (κ3) is 3.39. The van der Waals surface area contributed by atoms with Crippen molar-refractivity contribution in [2.75, 3.05) is 26.8 Å². The number of nitrogens with one attached hydrogen (secondary N) is 1. The molecule has 0 bridgehead atoms. The van der Waals surface area contributed by atoms with E-state index >= 15 is 0 Å². The molecule has 0 aliphatic heterocycles. The van der Waals surface area contributed by atoms with E-state index in [-0.39, 0.29) is 0 Å². The van der Waals surface area contributed by atoms with Gasteiger partial charge in [0.1, 0.15) is 5.82 Å². The third-order valence-electron chi connectivity index (χ3n) is 4.04. The van der Waals surface area contributed by atoms with Gasteiger partial charge in [-0.05, 0) is 36.8 Å². The summed E-state index contributed by atoms with van der Waals surface area (Å²) in [7, 11) is 4.73. The van der Waals surface area contributed by atoms with Gasteiger partial charge in [-0.3, -0.25) is 5.43 Å². The normalized spacial score (nSPS) is 10.9. The number of benzene rings is 2. The van der Waals surface area contributed by atoms with Crippen LogP contribution in [0, 0.1) is 6.92 Å². The van der Waals surface area contributed by atoms with Crippen molar-refractivity contribution >= 4 is 22.9 Å². The van der Waals surface area contributed by atoms with E-state index in [0.717, 1.165) is 22.0 Å². The van der Waals surface area contributed by atoms with E-state index in [1.807, 2.05) is 30.3 Å². The molecule has 1 aromatic heterocycles. The predicted octanol–water partition coefficient (Wildman–Crippen LogP) is 4.02. The van der Waals surface area contributed by atoms with Crippen LogP contribution in [0.15, 0.2) is 47.6 Å². The van der Waals surface area contributed by atoms with Gasteiger partial charge in [0, 0.05) is 10.9 Å². The summed E-state index contributed by atoms with van der Waals surface area (Å²) in [5.41, 5.74) is 5.79. The number of aromatic nitrogens is 1. The Bertz CT molecular complexity index is 954. The molecule has 6 nitrogen and oxygen atoms in total. The van der Waals surface area contributed by atoms with E-state index in [1.165, 1.54) is 0 Å². The average molecular weight is 351 g/mol. The maximum Gasteiger partial charge on any atom is 0.203 e. The van der Waals surface area contributed by atoms with Crippen LogP contribution in [0.3, 0.4) is 0 Å². The summed E-state index contributed by atoms with van der Waals surface area (Å²) in [5, 5.41) is 5.41. The fraction of sp³-hybridized carbons (Fsp3) is 0.200. The highest BCUT2D eigenvalue weighted by atomic mass is 16.5. The van der Waals surface area contributed by atoms with Crippen molar-refractivity contribution in [2.45, 2.75) is 6.92 Å². The molecule has 0 radical (unpaired) electrons. The molecule has 0 aliphatic carbocycles. The molecule has 0 aliphatic rings. The average Bonchev–Trinajstić information content (AvgIpc) is 2.67. The number of ether oxygens (including phenoxy) is 3. The number of hydrogen-bond donors (Lipinski definition) is 1. The molecule has 3 aromatic rings. The van der Waals surface area contributed by atoms with Crippen LogP contribution in [-0.4, -0.2) is 32.5 Å². The van der Waals surface area contributed by atoms with Crippen molar-refractivity contribution in [3.8, 4) is 17.2 Å². The summed E-state index contributed by atoms with van der Waals surface area (Å²) in [6.07, 6.45) is 1.66. The van der Waals surface area contributed by atoms with Crippen LogP contribution < -0.4 is 19.6 Å².